The molecule has 0 spiro atoms. The standard InChI is InChI=1S/C18H18N6O4/c1-10-8-22-14-15(21(2)18(27)23(16(14)26)9-13(19)25)20-17(22)24(10)11-6-4-5-7-12(11)28-3/h4-8,14H,9H2,1-3H3,(H-,19,25)/p+1. The number of rotatable bonds is 4. The van der Waals surface area contributed by atoms with E-state index < -0.39 is 30.4 Å². The van der Waals surface area contributed by atoms with Gasteiger partial charge in [-0.05, 0) is 19.1 Å². The van der Waals surface area contributed by atoms with Crippen LogP contribution in [0.3, 0.4) is 0 Å². The minimum Gasteiger partial charge on any atom is -0.493 e. The quantitative estimate of drug-likeness (QED) is 0.751. The molecule has 0 radical (unpaired) electrons. The number of hydrogen-bond acceptors (Lipinski definition) is 5. The predicted molar refractivity (Wildman–Crippen MR) is 97.5 cm³/mol. The van der Waals surface area contributed by atoms with Gasteiger partial charge in [-0.1, -0.05) is 17.1 Å². The lowest BCUT2D eigenvalue weighted by Crippen LogP contribution is -2.63. The van der Waals surface area contributed by atoms with Crippen LogP contribution >= 0.6 is 0 Å². The molecule has 3 heterocycles. The minimum absolute atomic E-state index is 0.300. The number of aromatic nitrogens is 2. The highest BCUT2D eigenvalue weighted by molar-refractivity contribution is 6.19. The van der Waals surface area contributed by atoms with Crippen molar-refractivity contribution in [2.24, 2.45) is 10.7 Å². The van der Waals surface area contributed by atoms with Crippen LogP contribution in [0.25, 0.3) is 5.69 Å². The number of carbonyl (C=O) groups is 3. The third kappa shape index (κ3) is 2.38. The maximum Gasteiger partial charge on any atom is 0.407 e. The summed E-state index contributed by atoms with van der Waals surface area (Å²) in [5.74, 6) is 0.124. The molecule has 144 valence electrons. The Morgan fingerprint density at radius 3 is 2.71 bits per heavy atom. The Hall–Kier alpha value is -3.69. The zero-order chi connectivity index (χ0) is 20.2. The van der Waals surface area contributed by atoms with E-state index in [9.17, 15) is 14.4 Å². The number of primary amides is 1. The van der Waals surface area contributed by atoms with Crippen LogP contribution in [0.5, 0.6) is 5.75 Å². The molecule has 2 N–H and O–H groups in total. The van der Waals surface area contributed by atoms with Crippen molar-refractivity contribution in [1.29, 1.82) is 0 Å². The Balaban J connectivity index is 1.87. The number of para-hydroxylation sites is 2. The highest BCUT2D eigenvalue weighted by atomic mass is 16.5. The van der Waals surface area contributed by atoms with Crippen LogP contribution in [0.1, 0.15) is 11.7 Å². The summed E-state index contributed by atoms with van der Waals surface area (Å²) in [6.07, 6.45) is 1.78. The fourth-order valence-electron chi connectivity index (χ4n) is 3.60. The lowest BCUT2D eigenvalue weighted by atomic mass is 10.1. The fourth-order valence-corrected chi connectivity index (χ4v) is 3.60. The van der Waals surface area contributed by atoms with Crippen molar-refractivity contribution in [3.8, 4) is 11.4 Å². The van der Waals surface area contributed by atoms with E-state index in [4.69, 9.17) is 10.5 Å². The predicted octanol–water partition coefficient (Wildman–Crippen LogP) is 0.0458. The number of imidazole rings is 1. The number of nitrogens with two attached hydrogens (primary N) is 1. The van der Waals surface area contributed by atoms with Crippen molar-refractivity contribution in [1.82, 2.24) is 14.4 Å². The van der Waals surface area contributed by atoms with E-state index in [0.29, 0.717) is 17.5 Å². The van der Waals surface area contributed by atoms with E-state index >= 15 is 0 Å². The molecule has 0 aliphatic carbocycles. The molecule has 28 heavy (non-hydrogen) atoms. The smallest absolute Gasteiger partial charge is 0.407 e. The molecule has 2 aromatic rings. The number of fused-ring (bicyclic) bond motifs is 3. The van der Waals surface area contributed by atoms with E-state index in [0.717, 1.165) is 16.3 Å². The van der Waals surface area contributed by atoms with Crippen LogP contribution in [0, 0.1) is 6.92 Å². The number of likely N-dealkylation sites (N-methyl/N-ethyl adjacent to an activating group) is 1. The third-order valence-corrected chi connectivity index (χ3v) is 4.85. The molecule has 0 bridgehead atoms. The van der Waals surface area contributed by atoms with Crippen molar-refractivity contribution in [3.63, 3.8) is 0 Å². The maximum absolute atomic E-state index is 13.0. The number of ether oxygens (including phenoxy) is 1. The van der Waals surface area contributed by atoms with Gasteiger partial charge in [0.1, 0.15) is 24.1 Å². The van der Waals surface area contributed by atoms with Crippen LogP contribution in [-0.2, 0) is 9.59 Å². The van der Waals surface area contributed by atoms with Gasteiger partial charge in [0.05, 0.1) is 7.11 Å². The number of aryl methyl sites for hydroxylation is 1. The summed E-state index contributed by atoms with van der Waals surface area (Å²) in [7, 11) is 3.09. The minimum atomic E-state index is -0.841. The van der Waals surface area contributed by atoms with Gasteiger partial charge in [0.15, 0.2) is 5.75 Å². The molecule has 2 aliphatic heterocycles. The number of benzene rings is 1. The number of amides is 4. The van der Waals surface area contributed by atoms with Crippen LogP contribution in [-0.4, -0.2) is 58.8 Å². The second-order valence-electron chi connectivity index (χ2n) is 6.59. The Morgan fingerprint density at radius 1 is 1.32 bits per heavy atom. The van der Waals surface area contributed by atoms with Crippen LogP contribution in [0.2, 0.25) is 0 Å². The average Bonchev–Trinajstić information content (AvgIpc) is 3.17. The molecule has 4 rings (SSSR count). The van der Waals surface area contributed by atoms with Crippen molar-refractivity contribution in [3.05, 3.63) is 36.2 Å². The first-order chi connectivity index (χ1) is 13.3. The monoisotopic (exact) mass is 383 g/mol. The summed E-state index contributed by atoms with van der Waals surface area (Å²) in [6.45, 7) is 1.41. The lowest BCUT2D eigenvalue weighted by Gasteiger charge is -2.32. The van der Waals surface area contributed by atoms with Gasteiger partial charge in [-0.3, -0.25) is 19.4 Å². The molecular formula is C18H19N6O4+. The highest BCUT2D eigenvalue weighted by Crippen LogP contribution is 2.33. The summed E-state index contributed by atoms with van der Waals surface area (Å²) in [5.41, 5.74) is 6.79. The Labute approximate surface area is 160 Å². The van der Waals surface area contributed by atoms with Gasteiger partial charge < -0.3 is 10.5 Å². The Bertz CT molecular complexity index is 1060. The second kappa shape index (κ2) is 6.19. The fraction of sp³-hybridized carbons (Fsp3) is 0.278. The normalized spacial score (nSPS) is 18.1. The first-order valence-electron chi connectivity index (χ1n) is 8.58. The van der Waals surface area contributed by atoms with Gasteiger partial charge in [0.2, 0.25) is 17.8 Å². The zero-order valence-electron chi connectivity index (χ0n) is 15.6. The van der Waals surface area contributed by atoms with E-state index in [1.807, 2.05) is 35.8 Å². The van der Waals surface area contributed by atoms with Gasteiger partial charge in [-0.25, -0.2) is 9.36 Å². The number of urea groups is 1. The number of hydrogen-bond donors (Lipinski definition) is 1. The Kier molecular flexibility index (Phi) is 3.91. The molecule has 1 fully saturated rings. The van der Waals surface area contributed by atoms with Crippen molar-refractivity contribution in [2.45, 2.75) is 13.0 Å². The van der Waals surface area contributed by atoms with Crippen LogP contribution in [0.15, 0.2) is 35.5 Å². The number of carbonyl (C=O) groups excluding carboxylic acids is 3. The van der Waals surface area contributed by atoms with Crippen molar-refractivity contribution in [2.75, 3.05) is 20.7 Å². The lowest BCUT2D eigenvalue weighted by molar-refractivity contribution is -0.676. The third-order valence-electron chi connectivity index (χ3n) is 4.85. The summed E-state index contributed by atoms with van der Waals surface area (Å²) in [5, 5.41) is 0. The Morgan fingerprint density at radius 2 is 2.04 bits per heavy atom. The van der Waals surface area contributed by atoms with Crippen molar-refractivity contribution < 1.29 is 23.7 Å². The average molecular weight is 383 g/mol. The molecule has 1 aromatic heterocycles. The highest BCUT2D eigenvalue weighted by Gasteiger charge is 2.53. The largest absolute Gasteiger partial charge is 0.493 e. The molecule has 2 aliphatic rings. The number of methoxy groups -OCH3 is 1. The molecule has 10 nitrogen and oxygen atoms in total. The van der Waals surface area contributed by atoms with E-state index in [1.54, 1.807) is 17.9 Å². The topological polar surface area (TPSA) is 114 Å². The number of nitrogens with zero attached hydrogens (tertiary/aromatic N) is 5. The first kappa shape index (κ1) is 17.7. The van der Waals surface area contributed by atoms with Crippen LogP contribution in [0.4, 0.5) is 10.7 Å². The summed E-state index contributed by atoms with van der Waals surface area (Å²) < 4.78 is 9.00. The molecule has 4 amide bonds. The van der Waals surface area contributed by atoms with Crippen molar-refractivity contribution >= 4 is 29.6 Å². The summed E-state index contributed by atoms with van der Waals surface area (Å²) in [4.78, 5) is 43.5. The maximum atomic E-state index is 13.0. The van der Waals surface area contributed by atoms with Crippen LogP contribution < -0.4 is 15.0 Å². The van der Waals surface area contributed by atoms with Gasteiger partial charge in [0, 0.05) is 7.05 Å². The van der Waals surface area contributed by atoms with E-state index in [2.05, 4.69) is 4.99 Å². The SMILES string of the molecule is COc1ccccc1-n1c(C)c[n+]2c1N=C1C2C(=O)N(CC(N)=O)C(=O)N1C. The number of amidine groups is 1. The van der Waals surface area contributed by atoms with E-state index in [1.165, 1.54) is 11.9 Å². The molecule has 1 atom stereocenters. The molecule has 1 aromatic carbocycles. The van der Waals surface area contributed by atoms with Gasteiger partial charge >= 0.3 is 12.0 Å². The van der Waals surface area contributed by atoms with Gasteiger partial charge in [-0.2, -0.15) is 4.57 Å². The molecule has 1 unspecified atom stereocenters. The van der Waals surface area contributed by atoms with Gasteiger partial charge in [-0.15, -0.1) is 0 Å². The molecule has 0 saturated carbocycles. The molecule has 1 saturated heterocycles. The zero-order valence-corrected chi connectivity index (χ0v) is 15.6. The molecular weight excluding hydrogens is 364 g/mol. The number of aliphatic imine (C=N–C) groups is 1. The van der Waals surface area contributed by atoms with E-state index in [-0.39, 0.29) is 0 Å². The van der Waals surface area contributed by atoms with Gasteiger partial charge in [0.25, 0.3) is 5.91 Å². The summed E-state index contributed by atoms with van der Waals surface area (Å²) in [6, 6.07) is 5.97. The number of imide groups is 1. The summed E-state index contributed by atoms with van der Waals surface area (Å²) >= 11 is 0. The molecule has 10 heteroatoms. The first-order valence-corrected chi connectivity index (χ1v) is 8.58. The second-order valence-corrected chi connectivity index (χ2v) is 6.59.